The van der Waals surface area contributed by atoms with Gasteiger partial charge >= 0.3 is 0 Å². The summed E-state index contributed by atoms with van der Waals surface area (Å²) in [5.74, 6) is 1.52. The van der Waals surface area contributed by atoms with Gasteiger partial charge in [0.15, 0.2) is 6.61 Å². The second-order valence-corrected chi connectivity index (χ2v) is 8.33. The quantitative estimate of drug-likeness (QED) is 0.734. The topological polar surface area (TPSA) is 49.9 Å². The zero-order chi connectivity index (χ0) is 20.8. The highest BCUT2D eigenvalue weighted by Crippen LogP contribution is 2.23. The third-order valence-electron chi connectivity index (χ3n) is 6.19. The van der Waals surface area contributed by atoms with Gasteiger partial charge in [-0.05, 0) is 67.9 Å². The number of hydrogen-bond donors (Lipinski definition) is 0. The van der Waals surface area contributed by atoms with Crippen LogP contribution in [0.5, 0.6) is 5.75 Å². The van der Waals surface area contributed by atoms with Crippen molar-refractivity contribution in [3.63, 3.8) is 0 Å². The Morgan fingerprint density at radius 3 is 2.17 bits per heavy atom. The summed E-state index contributed by atoms with van der Waals surface area (Å²) in [5, 5.41) is 0. The molecule has 0 aromatic heterocycles. The van der Waals surface area contributed by atoms with Crippen LogP contribution in [-0.4, -0.2) is 54.4 Å². The van der Waals surface area contributed by atoms with Crippen molar-refractivity contribution in [3.05, 3.63) is 65.7 Å². The Morgan fingerprint density at radius 2 is 1.50 bits per heavy atom. The second-order valence-electron chi connectivity index (χ2n) is 8.33. The monoisotopic (exact) mass is 406 g/mol. The molecule has 5 heteroatoms. The van der Waals surface area contributed by atoms with Crippen LogP contribution in [-0.2, 0) is 11.2 Å². The van der Waals surface area contributed by atoms with Gasteiger partial charge in [-0.1, -0.05) is 30.3 Å². The molecule has 0 atom stereocenters. The van der Waals surface area contributed by atoms with Gasteiger partial charge in [-0.25, -0.2) is 0 Å². The van der Waals surface area contributed by atoms with Gasteiger partial charge in [0.2, 0.25) is 0 Å². The number of para-hydroxylation sites is 1. The Balaban J connectivity index is 1.21. The van der Waals surface area contributed by atoms with E-state index in [0.717, 1.165) is 69.6 Å². The average molecular weight is 407 g/mol. The molecule has 2 amide bonds. The highest BCUT2D eigenvalue weighted by molar-refractivity contribution is 5.94. The predicted molar refractivity (Wildman–Crippen MR) is 117 cm³/mol. The van der Waals surface area contributed by atoms with Gasteiger partial charge in [0.25, 0.3) is 11.8 Å². The van der Waals surface area contributed by atoms with Crippen LogP contribution in [0.1, 0.15) is 41.6 Å². The zero-order valence-electron chi connectivity index (χ0n) is 17.5. The van der Waals surface area contributed by atoms with Crippen LogP contribution in [0, 0.1) is 5.92 Å². The number of hydrogen-bond acceptors (Lipinski definition) is 3. The molecule has 2 saturated heterocycles. The minimum Gasteiger partial charge on any atom is -0.484 e. The maximum Gasteiger partial charge on any atom is 0.260 e. The van der Waals surface area contributed by atoms with Crippen molar-refractivity contribution in [2.45, 2.75) is 32.1 Å². The summed E-state index contributed by atoms with van der Waals surface area (Å²) in [5.41, 5.74) is 2.06. The van der Waals surface area contributed by atoms with Gasteiger partial charge in [-0.3, -0.25) is 9.59 Å². The summed E-state index contributed by atoms with van der Waals surface area (Å²) in [6.45, 7) is 3.43. The number of likely N-dealkylation sites (tertiary alicyclic amines) is 2. The van der Waals surface area contributed by atoms with Crippen molar-refractivity contribution in [1.29, 1.82) is 0 Å². The largest absolute Gasteiger partial charge is 0.484 e. The number of nitrogens with zero attached hydrogens (tertiary/aromatic N) is 2. The molecular weight excluding hydrogens is 376 g/mol. The molecule has 0 bridgehead atoms. The lowest BCUT2D eigenvalue weighted by Crippen LogP contribution is -2.41. The maximum atomic E-state index is 12.5. The summed E-state index contributed by atoms with van der Waals surface area (Å²) in [6.07, 6.45) is 5.24. The Morgan fingerprint density at radius 1 is 0.833 bits per heavy atom. The molecule has 0 spiro atoms. The smallest absolute Gasteiger partial charge is 0.260 e. The first-order chi connectivity index (χ1) is 14.7. The van der Waals surface area contributed by atoms with Crippen LogP contribution in [0.2, 0.25) is 0 Å². The van der Waals surface area contributed by atoms with Crippen LogP contribution in [0.4, 0.5) is 0 Å². The molecule has 0 N–H and O–H groups in total. The number of rotatable bonds is 6. The summed E-state index contributed by atoms with van der Waals surface area (Å²) in [4.78, 5) is 28.7. The molecule has 30 heavy (non-hydrogen) atoms. The van der Waals surface area contributed by atoms with Crippen molar-refractivity contribution >= 4 is 11.8 Å². The van der Waals surface area contributed by atoms with Crippen LogP contribution >= 0.6 is 0 Å². The van der Waals surface area contributed by atoms with Crippen molar-refractivity contribution in [2.75, 3.05) is 32.8 Å². The van der Waals surface area contributed by atoms with Crippen LogP contribution in [0.25, 0.3) is 0 Å². The number of carbonyl (C=O) groups is 2. The zero-order valence-corrected chi connectivity index (χ0v) is 17.5. The fourth-order valence-electron chi connectivity index (χ4n) is 4.36. The Bertz CT molecular complexity index is 836. The third kappa shape index (κ3) is 5.21. The van der Waals surface area contributed by atoms with Gasteiger partial charge in [-0.2, -0.15) is 0 Å². The molecule has 0 unspecified atom stereocenters. The van der Waals surface area contributed by atoms with E-state index < -0.39 is 0 Å². The van der Waals surface area contributed by atoms with Crippen LogP contribution in [0.15, 0.2) is 54.6 Å². The van der Waals surface area contributed by atoms with Gasteiger partial charge in [0.05, 0.1) is 0 Å². The Kier molecular flexibility index (Phi) is 6.67. The lowest BCUT2D eigenvalue weighted by Gasteiger charge is -2.32. The van der Waals surface area contributed by atoms with E-state index in [1.54, 1.807) is 0 Å². The van der Waals surface area contributed by atoms with Gasteiger partial charge < -0.3 is 14.5 Å². The number of amides is 2. The van der Waals surface area contributed by atoms with Crippen molar-refractivity contribution in [1.82, 2.24) is 9.80 Å². The Labute approximate surface area is 178 Å². The normalized spacial score (nSPS) is 17.2. The molecule has 2 aromatic rings. The van der Waals surface area contributed by atoms with Crippen molar-refractivity contribution < 1.29 is 14.3 Å². The van der Waals surface area contributed by atoms with E-state index in [2.05, 4.69) is 12.1 Å². The summed E-state index contributed by atoms with van der Waals surface area (Å²) >= 11 is 0. The fraction of sp³-hybridized carbons (Fsp3) is 0.440. The molecule has 4 rings (SSSR count). The molecule has 2 aliphatic rings. The number of ether oxygens (including phenoxy) is 1. The number of piperidine rings is 1. The van der Waals surface area contributed by atoms with Crippen LogP contribution < -0.4 is 4.74 Å². The SMILES string of the molecule is O=C(COc1ccccc1)N1CCC(Cc2ccc(C(=O)N3CCCC3)cc2)CC1. The van der Waals surface area contributed by atoms with E-state index in [-0.39, 0.29) is 18.4 Å². The first-order valence-electron chi connectivity index (χ1n) is 11.0. The van der Waals surface area contributed by atoms with E-state index in [1.165, 1.54) is 5.56 Å². The van der Waals surface area contributed by atoms with Gasteiger partial charge in [-0.15, -0.1) is 0 Å². The Hall–Kier alpha value is -2.82. The minimum atomic E-state index is 0.0575. The molecule has 0 radical (unpaired) electrons. The van der Waals surface area contributed by atoms with E-state index in [4.69, 9.17) is 4.74 Å². The van der Waals surface area contributed by atoms with E-state index >= 15 is 0 Å². The highest BCUT2D eigenvalue weighted by Gasteiger charge is 2.24. The summed E-state index contributed by atoms with van der Waals surface area (Å²) in [7, 11) is 0. The summed E-state index contributed by atoms with van der Waals surface area (Å²) in [6, 6.07) is 17.6. The van der Waals surface area contributed by atoms with Crippen molar-refractivity contribution in [2.24, 2.45) is 5.92 Å². The molecule has 0 aliphatic carbocycles. The molecule has 158 valence electrons. The molecule has 5 nitrogen and oxygen atoms in total. The molecule has 2 fully saturated rings. The van der Waals surface area contributed by atoms with E-state index in [9.17, 15) is 9.59 Å². The number of benzene rings is 2. The lowest BCUT2D eigenvalue weighted by atomic mass is 9.90. The molecule has 2 aliphatic heterocycles. The van der Waals surface area contributed by atoms with Gasteiger partial charge in [0, 0.05) is 31.7 Å². The molecule has 0 saturated carbocycles. The first-order valence-corrected chi connectivity index (χ1v) is 11.0. The third-order valence-corrected chi connectivity index (χ3v) is 6.19. The van der Waals surface area contributed by atoms with Crippen LogP contribution in [0.3, 0.4) is 0 Å². The van der Waals surface area contributed by atoms with Crippen molar-refractivity contribution in [3.8, 4) is 5.75 Å². The van der Waals surface area contributed by atoms with E-state index in [0.29, 0.717) is 5.92 Å². The molecular formula is C25H30N2O3. The fourth-order valence-corrected chi connectivity index (χ4v) is 4.36. The highest BCUT2D eigenvalue weighted by atomic mass is 16.5. The molecule has 2 aromatic carbocycles. The lowest BCUT2D eigenvalue weighted by molar-refractivity contribution is -0.134. The standard InChI is InChI=1S/C25H30N2O3/c28-24(19-30-23-6-2-1-3-7-23)26-16-12-21(13-17-26)18-20-8-10-22(11-9-20)25(29)27-14-4-5-15-27/h1-3,6-11,21H,4-5,12-19H2. The number of carbonyl (C=O) groups excluding carboxylic acids is 2. The second kappa shape index (κ2) is 9.79. The predicted octanol–water partition coefficient (Wildman–Crippen LogP) is 3.78. The summed E-state index contributed by atoms with van der Waals surface area (Å²) < 4.78 is 5.59. The van der Waals surface area contributed by atoms with Gasteiger partial charge in [0.1, 0.15) is 5.75 Å². The molecule has 2 heterocycles. The van der Waals surface area contributed by atoms with E-state index in [1.807, 2.05) is 52.3 Å². The first kappa shape index (κ1) is 20.5. The maximum absolute atomic E-state index is 12.5. The average Bonchev–Trinajstić information content (AvgIpc) is 3.34. The minimum absolute atomic E-state index is 0.0575.